The van der Waals surface area contributed by atoms with E-state index in [2.05, 4.69) is 77.2 Å². The Bertz CT molecular complexity index is 1070. The van der Waals surface area contributed by atoms with Crippen LogP contribution in [0.5, 0.6) is 0 Å². The summed E-state index contributed by atoms with van der Waals surface area (Å²) in [6, 6.07) is 16.8. The summed E-state index contributed by atoms with van der Waals surface area (Å²) >= 11 is 0. The molecular weight excluding hydrogens is 376 g/mol. The number of rotatable bonds is 7. The van der Waals surface area contributed by atoms with Gasteiger partial charge in [-0.2, -0.15) is 10.1 Å². The minimum Gasteiger partial charge on any atom is -0.338 e. The molecule has 0 aliphatic heterocycles. The van der Waals surface area contributed by atoms with Crippen molar-refractivity contribution in [3.63, 3.8) is 0 Å². The highest BCUT2D eigenvalue weighted by atomic mass is 16.5. The molecule has 7 heteroatoms. The predicted octanol–water partition coefficient (Wildman–Crippen LogP) is 4.63. The van der Waals surface area contributed by atoms with E-state index < -0.39 is 0 Å². The summed E-state index contributed by atoms with van der Waals surface area (Å²) in [6.45, 7) is 7.09. The molecule has 30 heavy (non-hydrogen) atoms. The van der Waals surface area contributed by atoms with Crippen molar-refractivity contribution in [2.24, 2.45) is 0 Å². The predicted molar refractivity (Wildman–Crippen MR) is 115 cm³/mol. The Labute approximate surface area is 176 Å². The van der Waals surface area contributed by atoms with Crippen LogP contribution in [-0.4, -0.2) is 36.9 Å². The van der Waals surface area contributed by atoms with Crippen molar-refractivity contribution in [3.05, 3.63) is 78.2 Å². The van der Waals surface area contributed by atoms with Gasteiger partial charge in [-0.3, -0.25) is 4.90 Å². The molecule has 0 saturated heterocycles. The van der Waals surface area contributed by atoms with Crippen molar-refractivity contribution < 1.29 is 4.52 Å². The van der Waals surface area contributed by atoms with Crippen LogP contribution in [0, 0.1) is 0 Å². The van der Waals surface area contributed by atoms with Crippen LogP contribution in [0.3, 0.4) is 0 Å². The Balaban J connectivity index is 1.41. The molecule has 2 aromatic carbocycles. The van der Waals surface area contributed by atoms with Gasteiger partial charge in [-0.1, -0.05) is 55.4 Å². The van der Waals surface area contributed by atoms with Crippen molar-refractivity contribution in [2.75, 3.05) is 7.05 Å². The van der Waals surface area contributed by atoms with E-state index in [1.807, 2.05) is 24.3 Å². The van der Waals surface area contributed by atoms with E-state index >= 15 is 0 Å². The fraction of sp³-hybridized carbons (Fsp3) is 0.304. The highest BCUT2D eigenvalue weighted by molar-refractivity contribution is 5.54. The average molecular weight is 403 g/mol. The van der Waals surface area contributed by atoms with E-state index in [4.69, 9.17) is 4.52 Å². The lowest BCUT2D eigenvalue weighted by Gasteiger charge is -2.23. The van der Waals surface area contributed by atoms with Crippen molar-refractivity contribution in [1.82, 2.24) is 29.8 Å². The molecule has 0 aliphatic rings. The fourth-order valence-corrected chi connectivity index (χ4v) is 3.31. The molecule has 0 radical (unpaired) electrons. The SMILES string of the molecule is CC(C)c1ccc(-c2noc(CN(C)C(C)c3ccc(-n4cncn4)cc3)n2)cc1. The minimum absolute atomic E-state index is 0.190. The molecule has 7 nitrogen and oxygen atoms in total. The third-order valence-corrected chi connectivity index (χ3v) is 5.41. The quantitative estimate of drug-likeness (QED) is 0.449. The summed E-state index contributed by atoms with van der Waals surface area (Å²) in [5, 5.41) is 8.32. The molecule has 0 fully saturated rings. The standard InChI is InChI=1S/C23H26N6O/c1-16(2)18-5-7-20(8-6-18)23-26-22(30-27-23)13-28(4)17(3)19-9-11-21(12-10-19)29-15-24-14-25-29/h5-12,14-17H,13H2,1-4H3. The summed E-state index contributed by atoms with van der Waals surface area (Å²) in [4.78, 5) is 10.8. The summed E-state index contributed by atoms with van der Waals surface area (Å²) in [5.74, 6) is 1.73. The van der Waals surface area contributed by atoms with Crippen LogP contribution in [0.15, 0.2) is 65.7 Å². The van der Waals surface area contributed by atoms with Crippen LogP contribution in [-0.2, 0) is 6.54 Å². The second kappa shape index (κ2) is 8.59. The first-order valence-corrected chi connectivity index (χ1v) is 10.1. The molecule has 4 rings (SSSR count). The van der Waals surface area contributed by atoms with Crippen molar-refractivity contribution in [3.8, 4) is 17.1 Å². The number of benzene rings is 2. The molecular formula is C23H26N6O. The molecule has 1 unspecified atom stereocenters. The zero-order valence-electron chi connectivity index (χ0n) is 17.7. The lowest BCUT2D eigenvalue weighted by molar-refractivity contribution is 0.216. The van der Waals surface area contributed by atoms with Crippen molar-refractivity contribution in [1.29, 1.82) is 0 Å². The molecule has 154 valence electrons. The van der Waals surface area contributed by atoms with Gasteiger partial charge in [0.05, 0.1) is 12.2 Å². The Morgan fingerprint density at radius 3 is 2.30 bits per heavy atom. The first-order valence-electron chi connectivity index (χ1n) is 10.1. The zero-order chi connectivity index (χ0) is 21.1. The van der Waals surface area contributed by atoms with E-state index in [1.165, 1.54) is 17.5 Å². The monoisotopic (exact) mass is 402 g/mol. The maximum Gasteiger partial charge on any atom is 0.241 e. The van der Waals surface area contributed by atoms with Gasteiger partial charge in [0.2, 0.25) is 11.7 Å². The van der Waals surface area contributed by atoms with Crippen molar-refractivity contribution >= 4 is 0 Å². The maximum absolute atomic E-state index is 5.50. The van der Waals surface area contributed by atoms with Crippen LogP contribution in [0.1, 0.15) is 49.7 Å². The molecule has 0 bridgehead atoms. The largest absolute Gasteiger partial charge is 0.338 e. The van der Waals surface area contributed by atoms with Gasteiger partial charge in [0, 0.05) is 11.6 Å². The van der Waals surface area contributed by atoms with Gasteiger partial charge in [0.25, 0.3) is 0 Å². The van der Waals surface area contributed by atoms with Crippen LogP contribution in [0.25, 0.3) is 17.1 Å². The molecule has 2 aromatic heterocycles. The Kier molecular flexibility index (Phi) is 5.72. The lowest BCUT2D eigenvalue weighted by Crippen LogP contribution is -2.22. The second-order valence-corrected chi connectivity index (χ2v) is 7.81. The molecule has 0 aliphatic carbocycles. The summed E-state index contributed by atoms with van der Waals surface area (Å²) in [6.07, 6.45) is 3.22. The Morgan fingerprint density at radius 2 is 1.67 bits per heavy atom. The van der Waals surface area contributed by atoms with Crippen molar-refractivity contribution in [2.45, 2.75) is 39.3 Å². The first kappa shape index (κ1) is 20.0. The number of aromatic nitrogens is 5. The Morgan fingerprint density at radius 1 is 0.967 bits per heavy atom. The number of hydrogen-bond acceptors (Lipinski definition) is 6. The highest BCUT2D eigenvalue weighted by Gasteiger charge is 2.16. The van der Waals surface area contributed by atoms with Crippen LogP contribution in [0.4, 0.5) is 0 Å². The third-order valence-electron chi connectivity index (χ3n) is 5.41. The van der Waals surface area contributed by atoms with Gasteiger partial charge in [-0.15, -0.1) is 0 Å². The minimum atomic E-state index is 0.190. The van der Waals surface area contributed by atoms with Gasteiger partial charge in [0.15, 0.2) is 0 Å². The van der Waals surface area contributed by atoms with Crippen LogP contribution >= 0.6 is 0 Å². The molecule has 0 amide bonds. The maximum atomic E-state index is 5.50. The van der Waals surface area contributed by atoms with Gasteiger partial charge in [-0.25, -0.2) is 9.67 Å². The van der Waals surface area contributed by atoms with Gasteiger partial charge in [-0.05, 0) is 43.1 Å². The third kappa shape index (κ3) is 4.31. The lowest BCUT2D eigenvalue weighted by atomic mass is 10.0. The molecule has 2 heterocycles. The van der Waals surface area contributed by atoms with Gasteiger partial charge < -0.3 is 4.52 Å². The molecule has 0 spiro atoms. The Hall–Kier alpha value is -3.32. The normalized spacial score (nSPS) is 12.6. The molecule has 1 atom stereocenters. The highest BCUT2D eigenvalue weighted by Crippen LogP contribution is 2.24. The van der Waals surface area contributed by atoms with Crippen LogP contribution in [0.2, 0.25) is 0 Å². The summed E-state index contributed by atoms with van der Waals surface area (Å²) < 4.78 is 7.24. The number of nitrogens with zero attached hydrogens (tertiary/aromatic N) is 6. The van der Waals surface area contributed by atoms with Crippen LogP contribution < -0.4 is 0 Å². The van der Waals surface area contributed by atoms with Gasteiger partial charge >= 0.3 is 0 Å². The second-order valence-electron chi connectivity index (χ2n) is 7.81. The fourth-order valence-electron chi connectivity index (χ4n) is 3.31. The summed E-state index contributed by atoms with van der Waals surface area (Å²) in [5.41, 5.74) is 4.45. The van der Waals surface area contributed by atoms with E-state index in [0.717, 1.165) is 11.3 Å². The van der Waals surface area contributed by atoms with E-state index in [0.29, 0.717) is 24.2 Å². The van der Waals surface area contributed by atoms with E-state index in [-0.39, 0.29) is 6.04 Å². The topological polar surface area (TPSA) is 72.9 Å². The van der Waals surface area contributed by atoms with E-state index in [9.17, 15) is 0 Å². The first-order chi connectivity index (χ1) is 14.5. The molecule has 4 aromatic rings. The summed E-state index contributed by atoms with van der Waals surface area (Å²) in [7, 11) is 2.05. The number of hydrogen-bond donors (Lipinski definition) is 0. The van der Waals surface area contributed by atoms with Gasteiger partial charge in [0.1, 0.15) is 12.7 Å². The smallest absolute Gasteiger partial charge is 0.241 e. The van der Waals surface area contributed by atoms with E-state index in [1.54, 1.807) is 11.0 Å². The average Bonchev–Trinajstić information content (AvgIpc) is 3.46. The zero-order valence-corrected chi connectivity index (χ0v) is 17.7. The molecule has 0 N–H and O–H groups in total. The molecule has 0 saturated carbocycles.